The summed E-state index contributed by atoms with van der Waals surface area (Å²) in [4.78, 5) is 0.139. The van der Waals surface area contributed by atoms with Gasteiger partial charge in [0.1, 0.15) is 4.90 Å². The van der Waals surface area contributed by atoms with Gasteiger partial charge in [-0.1, -0.05) is 26.7 Å². The number of rotatable bonds is 6. The van der Waals surface area contributed by atoms with Gasteiger partial charge in [-0.3, -0.25) is 4.68 Å². The van der Waals surface area contributed by atoms with Crippen LogP contribution in [0.5, 0.6) is 0 Å². The van der Waals surface area contributed by atoms with Crippen LogP contribution < -0.4 is 5.73 Å². The van der Waals surface area contributed by atoms with Gasteiger partial charge in [0, 0.05) is 25.8 Å². The summed E-state index contributed by atoms with van der Waals surface area (Å²) in [5.74, 6) is 0.556. The summed E-state index contributed by atoms with van der Waals surface area (Å²) in [7, 11) is -1.88. The molecular formula is C14H26N4O2S. The zero-order valence-electron chi connectivity index (χ0n) is 13.1. The van der Waals surface area contributed by atoms with Crippen molar-refractivity contribution in [3.63, 3.8) is 0 Å². The Hall–Kier alpha value is -1.08. The molecule has 0 amide bonds. The van der Waals surface area contributed by atoms with Gasteiger partial charge in [0.25, 0.3) is 0 Å². The highest BCUT2D eigenvalue weighted by Crippen LogP contribution is 2.30. The third-order valence-corrected chi connectivity index (χ3v) is 6.04. The molecule has 0 aliphatic heterocycles. The number of hydrogen-bond donors (Lipinski definition) is 1. The number of hydrogen-bond acceptors (Lipinski definition) is 4. The van der Waals surface area contributed by atoms with E-state index in [1.807, 2.05) is 0 Å². The smallest absolute Gasteiger partial charge is 0.248 e. The molecule has 0 radical (unpaired) electrons. The Bertz CT molecular complexity index is 574. The van der Waals surface area contributed by atoms with E-state index in [1.54, 1.807) is 11.4 Å². The number of aryl methyl sites for hydroxylation is 1. The standard InChI is InChI=1S/C14H26N4O2S/c1-11(2)8-9-18(12-6-4-5-7-12)21(19,20)13-10-17(3)16-14(13)15/h10-12H,4-9H2,1-3H3,(H2,15,16). The van der Waals surface area contributed by atoms with Crippen LogP contribution in [0.15, 0.2) is 11.1 Å². The van der Waals surface area contributed by atoms with E-state index in [9.17, 15) is 8.42 Å². The van der Waals surface area contributed by atoms with Gasteiger partial charge in [-0.15, -0.1) is 0 Å². The molecule has 21 heavy (non-hydrogen) atoms. The molecule has 0 bridgehead atoms. The molecule has 1 saturated carbocycles. The zero-order valence-corrected chi connectivity index (χ0v) is 13.9. The van der Waals surface area contributed by atoms with Crippen molar-refractivity contribution in [1.82, 2.24) is 14.1 Å². The third-order valence-electron chi connectivity index (χ3n) is 4.07. The summed E-state index contributed by atoms with van der Waals surface area (Å²) in [6, 6.07) is 0.105. The maximum atomic E-state index is 13.0. The van der Waals surface area contributed by atoms with Crippen molar-refractivity contribution in [2.24, 2.45) is 13.0 Å². The topological polar surface area (TPSA) is 81.2 Å². The van der Waals surface area contributed by atoms with Crippen molar-refractivity contribution in [3.8, 4) is 0 Å². The van der Waals surface area contributed by atoms with Crippen molar-refractivity contribution in [1.29, 1.82) is 0 Å². The second-order valence-electron chi connectivity index (χ2n) is 6.29. The van der Waals surface area contributed by atoms with Crippen molar-refractivity contribution in [3.05, 3.63) is 6.20 Å². The fourth-order valence-electron chi connectivity index (χ4n) is 2.89. The number of aromatic nitrogens is 2. The highest BCUT2D eigenvalue weighted by molar-refractivity contribution is 7.89. The molecule has 1 heterocycles. The van der Waals surface area contributed by atoms with Gasteiger partial charge in [-0.2, -0.15) is 9.40 Å². The largest absolute Gasteiger partial charge is 0.381 e. The number of nitrogens with two attached hydrogens (primary N) is 1. The van der Waals surface area contributed by atoms with Crippen molar-refractivity contribution in [2.75, 3.05) is 12.3 Å². The molecule has 2 N–H and O–H groups in total. The van der Waals surface area contributed by atoms with Gasteiger partial charge >= 0.3 is 0 Å². The van der Waals surface area contributed by atoms with E-state index in [1.165, 1.54) is 10.9 Å². The summed E-state index contributed by atoms with van der Waals surface area (Å²) in [5.41, 5.74) is 5.78. The summed E-state index contributed by atoms with van der Waals surface area (Å²) in [6.45, 7) is 4.77. The second-order valence-corrected chi connectivity index (χ2v) is 8.15. The van der Waals surface area contributed by atoms with Crippen LogP contribution in [0.1, 0.15) is 46.0 Å². The van der Waals surface area contributed by atoms with Gasteiger partial charge in [0.2, 0.25) is 10.0 Å². The van der Waals surface area contributed by atoms with Crippen LogP contribution in [0, 0.1) is 5.92 Å². The highest BCUT2D eigenvalue weighted by atomic mass is 32.2. The fourth-order valence-corrected chi connectivity index (χ4v) is 4.68. The van der Waals surface area contributed by atoms with Gasteiger partial charge in [-0.05, 0) is 25.2 Å². The second kappa shape index (κ2) is 6.36. The molecule has 1 aliphatic rings. The molecule has 6 nitrogen and oxygen atoms in total. The first-order valence-electron chi connectivity index (χ1n) is 7.63. The van der Waals surface area contributed by atoms with Gasteiger partial charge in [0.05, 0.1) is 0 Å². The lowest BCUT2D eigenvalue weighted by Crippen LogP contribution is -2.40. The quantitative estimate of drug-likeness (QED) is 0.870. The van der Waals surface area contributed by atoms with Crippen LogP contribution in [0.25, 0.3) is 0 Å². The molecule has 1 fully saturated rings. The Balaban J connectivity index is 2.31. The van der Waals surface area contributed by atoms with Crippen molar-refractivity contribution >= 4 is 15.8 Å². The number of nitrogen functional groups attached to an aromatic ring is 1. The number of anilines is 1. The molecule has 7 heteroatoms. The molecule has 1 aliphatic carbocycles. The van der Waals surface area contributed by atoms with E-state index >= 15 is 0 Å². The predicted molar refractivity (Wildman–Crippen MR) is 83.2 cm³/mol. The Morgan fingerprint density at radius 3 is 2.52 bits per heavy atom. The Morgan fingerprint density at radius 1 is 1.43 bits per heavy atom. The van der Waals surface area contributed by atoms with Crippen LogP contribution in [-0.2, 0) is 17.1 Å². The van der Waals surface area contributed by atoms with Crippen LogP contribution in [-0.4, -0.2) is 35.1 Å². The summed E-state index contributed by atoms with van der Waals surface area (Å²) in [5, 5.41) is 3.97. The summed E-state index contributed by atoms with van der Waals surface area (Å²) < 4.78 is 29.0. The van der Waals surface area contributed by atoms with Gasteiger partial charge < -0.3 is 5.73 Å². The number of sulfonamides is 1. The minimum Gasteiger partial charge on any atom is -0.381 e. The zero-order chi connectivity index (χ0) is 15.6. The first-order chi connectivity index (χ1) is 9.82. The van der Waals surface area contributed by atoms with Crippen LogP contribution >= 0.6 is 0 Å². The first-order valence-corrected chi connectivity index (χ1v) is 9.07. The molecule has 0 aromatic carbocycles. The Kier molecular flexibility index (Phi) is 4.93. The lowest BCUT2D eigenvalue weighted by atomic mass is 10.1. The maximum Gasteiger partial charge on any atom is 0.248 e. The van der Waals surface area contributed by atoms with Gasteiger partial charge in [-0.25, -0.2) is 8.42 Å². The van der Waals surface area contributed by atoms with E-state index in [0.717, 1.165) is 32.1 Å². The molecule has 2 rings (SSSR count). The maximum absolute atomic E-state index is 13.0. The molecule has 1 aromatic heterocycles. The molecule has 120 valence electrons. The molecule has 0 atom stereocenters. The van der Waals surface area contributed by atoms with E-state index < -0.39 is 10.0 Å². The number of nitrogens with zero attached hydrogens (tertiary/aromatic N) is 3. The van der Waals surface area contributed by atoms with E-state index in [-0.39, 0.29) is 16.8 Å². The minimum atomic E-state index is -3.56. The SMILES string of the molecule is CC(C)CCN(C1CCCC1)S(=O)(=O)c1cn(C)nc1N. The third kappa shape index (κ3) is 3.58. The molecule has 1 aromatic rings. The Morgan fingerprint density at radius 2 is 2.05 bits per heavy atom. The van der Waals surface area contributed by atoms with E-state index in [4.69, 9.17) is 5.73 Å². The van der Waals surface area contributed by atoms with Crippen LogP contribution in [0.2, 0.25) is 0 Å². The monoisotopic (exact) mass is 314 g/mol. The lowest BCUT2D eigenvalue weighted by molar-refractivity contribution is 0.305. The van der Waals surface area contributed by atoms with E-state index in [2.05, 4.69) is 18.9 Å². The predicted octanol–water partition coefficient (Wildman–Crippen LogP) is 1.98. The lowest BCUT2D eigenvalue weighted by Gasteiger charge is -2.28. The molecule has 0 unspecified atom stereocenters. The summed E-state index contributed by atoms with van der Waals surface area (Å²) in [6.07, 6.45) is 6.44. The van der Waals surface area contributed by atoms with Gasteiger partial charge in [0.15, 0.2) is 5.82 Å². The van der Waals surface area contributed by atoms with Crippen LogP contribution in [0.4, 0.5) is 5.82 Å². The van der Waals surface area contributed by atoms with Crippen LogP contribution in [0.3, 0.4) is 0 Å². The Labute approximate surface area is 127 Å². The van der Waals surface area contributed by atoms with Crippen molar-refractivity contribution < 1.29 is 8.42 Å². The highest BCUT2D eigenvalue weighted by Gasteiger charge is 2.35. The summed E-state index contributed by atoms with van der Waals surface area (Å²) >= 11 is 0. The van der Waals surface area contributed by atoms with Crippen molar-refractivity contribution in [2.45, 2.75) is 56.9 Å². The molecule has 0 saturated heterocycles. The first kappa shape index (κ1) is 16.3. The molecule has 0 spiro atoms. The van der Waals surface area contributed by atoms with E-state index in [0.29, 0.717) is 12.5 Å². The fraction of sp³-hybridized carbons (Fsp3) is 0.786. The minimum absolute atomic E-state index is 0.0880. The average molecular weight is 314 g/mol. The normalized spacial score (nSPS) is 17.2. The molecular weight excluding hydrogens is 288 g/mol. The average Bonchev–Trinajstić information content (AvgIpc) is 2.99.